The fourth-order valence-electron chi connectivity index (χ4n) is 3.58. The van der Waals surface area contributed by atoms with E-state index in [9.17, 15) is 4.79 Å². The maximum Gasteiger partial charge on any atom is 0.276 e. The molecule has 2 aromatic heterocycles. The number of hydrogen-bond acceptors (Lipinski definition) is 6. The van der Waals surface area contributed by atoms with Gasteiger partial charge in [-0.15, -0.1) is 0 Å². The highest BCUT2D eigenvalue weighted by atomic mass is 16.7. The topological polar surface area (TPSA) is 76.2 Å². The van der Waals surface area contributed by atoms with Gasteiger partial charge in [-0.25, -0.2) is 4.52 Å². The SMILES string of the molecule is O=c1c2cc(-c3ccc4c(c3)OCO4)nn2ccn1Cc1ccc2c(c1)OCO2. The Morgan fingerprint density at radius 3 is 2.38 bits per heavy atom. The summed E-state index contributed by atoms with van der Waals surface area (Å²) < 4.78 is 24.8. The van der Waals surface area contributed by atoms with E-state index in [2.05, 4.69) is 5.10 Å². The van der Waals surface area contributed by atoms with E-state index in [0.717, 1.165) is 16.9 Å². The zero-order valence-electron chi connectivity index (χ0n) is 15.2. The van der Waals surface area contributed by atoms with E-state index in [1.54, 1.807) is 27.5 Å². The number of rotatable bonds is 3. The number of ether oxygens (including phenoxy) is 4. The Hall–Kier alpha value is -3.94. The van der Waals surface area contributed by atoms with E-state index in [1.807, 2.05) is 36.4 Å². The van der Waals surface area contributed by atoms with Crippen molar-refractivity contribution >= 4 is 5.52 Å². The van der Waals surface area contributed by atoms with Crippen molar-refractivity contribution in [1.29, 1.82) is 0 Å². The predicted molar refractivity (Wildman–Crippen MR) is 103 cm³/mol. The molecule has 0 aliphatic carbocycles. The minimum atomic E-state index is -0.121. The Morgan fingerprint density at radius 2 is 1.55 bits per heavy atom. The van der Waals surface area contributed by atoms with Crippen molar-refractivity contribution in [3.8, 4) is 34.3 Å². The van der Waals surface area contributed by atoms with Crippen LogP contribution in [0.15, 0.2) is 59.7 Å². The third-order valence-electron chi connectivity index (χ3n) is 5.06. The van der Waals surface area contributed by atoms with Gasteiger partial charge in [0.2, 0.25) is 13.6 Å². The van der Waals surface area contributed by atoms with Crippen LogP contribution >= 0.6 is 0 Å². The van der Waals surface area contributed by atoms with Crippen LogP contribution in [0.5, 0.6) is 23.0 Å². The lowest BCUT2D eigenvalue weighted by atomic mass is 10.1. The monoisotopic (exact) mass is 389 g/mol. The van der Waals surface area contributed by atoms with E-state index >= 15 is 0 Å². The first-order chi connectivity index (χ1) is 14.2. The molecular formula is C21H15N3O5. The van der Waals surface area contributed by atoms with Gasteiger partial charge in [0, 0.05) is 18.0 Å². The zero-order valence-corrected chi connectivity index (χ0v) is 15.2. The molecule has 6 rings (SSSR count). The molecule has 2 aromatic carbocycles. The van der Waals surface area contributed by atoms with Crippen LogP contribution in [0, 0.1) is 0 Å². The molecule has 144 valence electrons. The smallest absolute Gasteiger partial charge is 0.276 e. The molecule has 2 aliphatic rings. The molecule has 4 aromatic rings. The summed E-state index contributed by atoms with van der Waals surface area (Å²) in [6, 6.07) is 13.1. The third kappa shape index (κ3) is 2.60. The van der Waals surface area contributed by atoms with Crippen molar-refractivity contribution in [3.63, 3.8) is 0 Å². The van der Waals surface area contributed by atoms with Gasteiger partial charge < -0.3 is 23.5 Å². The molecule has 2 aliphatic heterocycles. The Balaban J connectivity index is 1.36. The summed E-state index contributed by atoms with van der Waals surface area (Å²) in [5.41, 5.74) is 2.89. The van der Waals surface area contributed by atoms with Crippen LogP contribution in [-0.4, -0.2) is 27.8 Å². The average Bonchev–Trinajstić information content (AvgIpc) is 3.48. The summed E-state index contributed by atoms with van der Waals surface area (Å²) in [7, 11) is 0. The summed E-state index contributed by atoms with van der Waals surface area (Å²) in [6.07, 6.45) is 3.51. The molecule has 0 fully saturated rings. The molecule has 0 saturated carbocycles. The van der Waals surface area contributed by atoms with Gasteiger partial charge in [-0.3, -0.25) is 4.79 Å². The highest BCUT2D eigenvalue weighted by Gasteiger charge is 2.17. The largest absolute Gasteiger partial charge is 0.454 e. The molecule has 8 nitrogen and oxygen atoms in total. The van der Waals surface area contributed by atoms with Gasteiger partial charge >= 0.3 is 0 Å². The van der Waals surface area contributed by atoms with Gasteiger partial charge in [0.05, 0.1) is 12.2 Å². The molecule has 0 radical (unpaired) electrons. The summed E-state index contributed by atoms with van der Waals surface area (Å²) in [5, 5.41) is 4.54. The quantitative estimate of drug-likeness (QED) is 0.536. The van der Waals surface area contributed by atoms with Gasteiger partial charge in [-0.1, -0.05) is 6.07 Å². The first-order valence-electron chi connectivity index (χ1n) is 9.12. The fraction of sp³-hybridized carbons (Fsp3) is 0.143. The van der Waals surface area contributed by atoms with Crippen LogP contribution < -0.4 is 24.5 Å². The lowest BCUT2D eigenvalue weighted by Gasteiger charge is -2.07. The van der Waals surface area contributed by atoms with Crippen LogP contribution in [0.2, 0.25) is 0 Å². The molecule has 0 bridgehead atoms. The van der Waals surface area contributed by atoms with Gasteiger partial charge in [-0.05, 0) is 42.0 Å². The van der Waals surface area contributed by atoms with E-state index in [0.29, 0.717) is 35.0 Å². The van der Waals surface area contributed by atoms with Crippen LogP contribution in [-0.2, 0) is 6.54 Å². The standard InChI is InChI=1S/C21H15N3O5/c25-21-16-9-15(14-2-4-18-20(8-14)29-12-27-18)22-24(16)6-5-23(21)10-13-1-3-17-19(7-13)28-11-26-17/h1-9H,10-12H2. The first kappa shape index (κ1) is 16.1. The molecule has 29 heavy (non-hydrogen) atoms. The molecule has 0 atom stereocenters. The minimum Gasteiger partial charge on any atom is -0.454 e. The molecule has 0 N–H and O–H groups in total. The normalized spacial score (nSPS) is 13.9. The van der Waals surface area contributed by atoms with E-state index in [1.165, 1.54) is 0 Å². The average molecular weight is 389 g/mol. The maximum atomic E-state index is 13.0. The molecule has 0 unspecified atom stereocenters. The van der Waals surface area contributed by atoms with Crippen molar-refractivity contribution in [1.82, 2.24) is 14.2 Å². The fourth-order valence-corrected chi connectivity index (χ4v) is 3.58. The lowest BCUT2D eigenvalue weighted by molar-refractivity contribution is 0.173. The van der Waals surface area contributed by atoms with Crippen LogP contribution in [0.3, 0.4) is 0 Å². The van der Waals surface area contributed by atoms with Gasteiger partial charge in [-0.2, -0.15) is 5.10 Å². The number of benzene rings is 2. The molecule has 0 spiro atoms. The lowest BCUT2D eigenvalue weighted by Crippen LogP contribution is -2.21. The summed E-state index contributed by atoms with van der Waals surface area (Å²) in [4.78, 5) is 13.0. The Bertz CT molecular complexity index is 1320. The molecule has 8 heteroatoms. The Morgan fingerprint density at radius 1 is 0.828 bits per heavy atom. The predicted octanol–water partition coefficient (Wildman–Crippen LogP) is 2.67. The van der Waals surface area contributed by atoms with Crippen molar-refractivity contribution < 1.29 is 18.9 Å². The highest BCUT2D eigenvalue weighted by molar-refractivity contribution is 5.68. The van der Waals surface area contributed by atoms with Crippen LogP contribution in [0.25, 0.3) is 16.8 Å². The van der Waals surface area contributed by atoms with Crippen molar-refractivity contribution in [2.75, 3.05) is 13.6 Å². The molecule has 4 heterocycles. The van der Waals surface area contributed by atoms with Crippen molar-refractivity contribution in [2.45, 2.75) is 6.54 Å². The van der Waals surface area contributed by atoms with Crippen molar-refractivity contribution in [2.24, 2.45) is 0 Å². The third-order valence-corrected chi connectivity index (χ3v) is 5.06. The van der Waals surface area contributed by atoms with Gasteiger partial charge in [0.15, 0.2) is 23.0 Å². The molecule has 0 amide bonds. The number of nitrogens with zero attached hydrogens (tertiary/aromatic N) is 3. The van der Waals surface area contributed by atoms with E-state index < -0.39 is 0 Å². The van der Waals surface area contributed by atoms with Gasteiger partial charge in [0.1, 0.15) is 5.52 Å². The second-order valence-electron chi connectivity index (χ2n) is 6.85. The number of hydrogen-bond donors (Lipinski definition) is 0. The zero-order chi connectivity index (χ0) is 19.4. The molecular weight excluding hydrogens is 374 g/mol. The van der Waals surface area contributed by atoms with E-state index in [4.69, 9.17) is 18.9 Å². The van der Waals surface area contributed by atoms with Gasteiger partial charge in [0.25, 0.3) is 5.56 Å². The van der Waals surface area contributed by atoms with Crippen LogP contribution in [0.4, 0.5) is 0 Å². The number of fused-ring (bicyclic) bond motifs is 3. The highest BCUT2D eigenvalue weighted by Crippen LogP contribution is 2.35. The summed E-state index contributed by atoms with van der Waals surface area (Å²) in [6.45, 7) is 0.869. The summed E-state index contributed by atoms with van der Waals surface area (Å²) in [5.74, 6) is 2.81. The van der Waals surface area contributed by atoms with Crippen LogP contribution in [0.1, 0.15) is 5.56 Å². The second kappa shape index (κ2) is 6.03. The first-order valence-corrected chi connectivity index (χ1v) is 9.12. The second-order valence-corrected chi connectivity index (χ2v) is 6.85. The van der Waals surface area contributed by atoms with Crippen molar-refractivity contribution in [3.05, 3.63) is 70.8 Å². The van der Waals surface area contributed by atoms with E-state index in [-0.39, 0.29) is 19.1 Å². The number of aromatic nitrogens is 3. The summed E-state index contributed by atoms with van der Waals surface area (Å²) >= 11 is 0. The molecule has 0 saturated heterocycles. The Labute approximate surface area is 164 Å². The Kier molecular flexibility index (Phi) is 3.34. The minimum absolute atomic E-state index is 0.121. The maximum absolute atomic E-state index is 13.0.